The summed E-state index contributed by atoms with van der Waals surface area (Å²) in [6.45, 7) is 0. The fourth-order valence-electron chi connectivity index (χ4n) is 3.58. The SMILES string of the molecule is O=C1c2cccc([Se]c3ccccc3)c2C(=O)c2c([Se]c3ccccc3)cccc21. The molecule has 1 aliphatic rings. The Morgan fingerprint density at radius 1 is 0.433 bits per heavy atom. The third kappa shape index (κ3) is 3.49. The summed E-state index contributed by atoms with van der Waals surface area (Å²) < 4.78 is 4.31. The van der Waals surface area contributed by atoms with Crippen LogP contribution in [0.5, 0.6) is 0 Å². The van der Waals surface area contributed by atoms with Crippen LogP contribution in [-0.4, -0.2) is 41.5 Å². The molecule has 0 fully saturated rings. The van der Waals surface area contributed by atoms with Gasteiger partial charge in [-0.25, -0.2) is 0 Å². The Hall–Kier alpha value is -2.74. The van der Waals surface area contributed by atoms with Gasteiger partial charge in [-0.15, -0.1) is 0 Å². The molecule has 144 valence electrons. The zero-order valence-electron chi connectivity index (χ0n) is 15.9. The van der Waals surface area contributed by atoms with Crippen LogP contribution in [0.4, 0.5) is 0 Å². The van der Waals surface area contributed by atoms with Crippen LogP contribution >= 0.6 is 0 Å². The molecule has 0 amide bonds. The summed E-state index contributed by atoms with van der Waals surface area (Å²) in [6, 6.07) is 31.7. The van der Waals surface area contributed by atoms with Gasteiger partial charge >= 0.3 is 188 Å². The second-order valence-corrected chi connectivity index (χ2v) is 11.5. The monoisotopic (exact) mass is 520 g/mol. The predicted octanol–water partition coefficient (Wildman–Crippen LogP) is 1.77. The van der Waals surface area contributed by atoms with E-state index in [4.69, 9.17) is 0 Å². The van der Waals surface area contributed by atoms with Crippen LogP contribution in [0.2, 0.25) is 0 Å². The van der Waals surface area contributed by atoms with Gasteiger partial charge < -0.3 is 0 Å². The standard InChI is InChI=1S/C26H16O2Se2/c27-25-19-13-7-15-21(29-17-9-3-1-4-10-17)23(19)26(28)24-20(25)14-8-16-22(24)30-18-11-5-2-6-12-18/h1-16H. The predicted molar refractivity (Wildman–Crippen MR) is 123 cm³/mol. The molecule has 0 N–H and O–H groups in total. The molecule has 1 aliphatic carbocycles. The number of benzene rings is 4. The van der Waals surface area contributed by atoms with Crippen molar-refractivity contribution >= 4 is 59.3 Å². The summed E-state index contributed by atoms with van der Waals surface area (Å²) in [5.41, 5.74) is 2.25. The maximum atomic E-state index is 13.7. The van der Waals surface area contributed by atoms with Crippen LogP contribution in [0.1, 0.15) is 31.8 Å². The number of rotatable bonds is 4. The van der Waals surface area contributed by atoms with Crippen molar-refractivity contribution < 1.29 is 9.59 Å². The van der Waals surface area contributed by atoms with Crippen molar-refractivity contribution in [1.29, 1.82) is 0 Å². The molecule has 0 saturated carbocycles. The summed E-state index contributed by atoms with van der Waals surface area (Å²) >= 11 is -0.0842. The van der Waals surface area contributed by atoms with E-state index in [1.165, 1.54) is 8.92 Å². The average Bonchev–Trinajstić information content (AvgIpc) is 2.79. The minimum atomic E-state index is -0.0453. The molecule has 30 heavy (non-hydrogen) atoms. The van der Waals surface area contributed by atoms with Crippen LogP contribution in [0.15, 0.2) is 97.1 Å². The molecule has 0 spiro atoms. The molecular formula is C26H16O2Se2. The molecule has 0 atom stereocenters. The first-order chi connectivity index (χ1) is 14.7. The first kappa shape index (κ1) is 19.2. The van der Waals surface area contributed by atoms with Crippen LogP contribution in [0, 0.1) is 0 Å². The van der Waals surface area contributed by atoms with Crippen molar-refractivity contribution in [3.8, 4) is 0 Å². The van der Waals surface area contributed by atoms with Crippen LogP contribution in [0.3, 0.4) is 0 Å². The van der Waals surface area contributed by atoms with Crippen LogP contribution in [-0.2, 0) is 0 Å². The van der Waals surface area contributed by atoms with Crippen molar-refractivity contribution in [3.63, 3.8) is 0 Å². The third-order valence-corrected chi connectivity index (χ3v) is 9.42. The molecule has 0 heterocycles. The second-order valence-electron chi connectivity index (χ2n) is 6.85. The number of carbonyl (C=O) groups is 2. The molecule has 0 bridgehead atoms. The van der Waals surface area contributed by atoms with Crippen LogP contribution in [0.25, 0.3) is 0 Å². The molecule has 0 saturated heterocycles. The zero-order chi connectivity index (χ0) is 20.5. The Bertz CT molecular complexity index is 1170. The van der Waals surface area contributed by atoms with E-state index in [0.717, 1.165) is 8.92 Å². The number of fused-ring (bicyclic) bond motifs is 2. The van der Waals surface area contributed by atoms with Gasteiger partial charge in [-0.3, -0.25) is 0 Å². The molecule has 2 nitrogen and oxygen atoms in total. The van der Waals surface area contributed by atoms with E-state index < -0.39 is 0 Å². The Labute approximate surface area is 187 Å². The van der Waals surface area contributed by atoms with E-state index >= 15 is 0 Å². The van der Waals surface area contributed by atoms with Gasteiger partial charge in [-0.1, -0.05) is 0 Å². The molecule has 4 heteroatoms. The zero-order valence-corrected chi connectivity index (χ0v) is 19.3. The van der Waals surface area contributed by atoms with Gasteiger partial charge in [0, 0.05) is 0 Å². The Kier molecular flexibility index (Phi) is 5.24. The molecule has 0 aromatic heterocycles. The third-order valence-electron chi connectivity index (χ3n) is 4.94. The Morgan fingerprint density at radius 2 is 0.867 bits per heavy atom. The average molecular weight is 518 g/mol. The van der Waals surface area contributed by atoms with E-state index in [0.29, 0.717) is 22.3 Å². The minimum absolute atomic E-state index is 0.0126. The normalized spacial score (nSPS) is 12.4. The van der Waals surface area contributed by atoms with Gasteiger partial charge in [-0.05, 0) is 0 Å². The quantitative estimate of drug-likeness (QED) is 0.340. The van der Waals surface area contributed by atoms with Crippen molar-refractivity contribution in [1.82, 2.24) is 0 Å². The summed E-state index contributed by atoms with van der Waals surface area (Å²) in [5.74, 6) is -0.0579. The van der Waals surface area contributed by atoms with E-state index in [1.807, 2.05) is 60.7 Å². The maximum absolute atomic E-state index is 13.7. The van der Waals surface area contributed by atoms with Gasteiger partial charge in [0.15, 0.2) is 0 Å². The molecule has 5 rings (SSSR count). The summed E-state index contributed by atoms with van der Waals surface area (Å²) in [5, 5.41) is 0. The summed E-state index contributed by atoms with van der Waals surface area (Å²) in [4.78, 5) is 27.1. The first-order valence-electron chi connectivity index (χ1n) is 9.53. The molecular weight excluding hydrogens is 502 g/mol. The fourth-order valence-corrected chi connectivity index (χ4v) is 7.77. The Morgan fingerprint density at radius 3 is 1.30 bits per heavy atom. The molecule has 4 aromatic rings. The fraction of sp³-hybridized carbons (Fsp3) is 0. The van der Waals surface area contributed by atoms with Crippen molar-refractivity contribution in [2.75, 3.05) is 0 Å². The summed E-state index contributed by atoms with van der Waals surface area (Å²) in [6.07, 6.45) is 0. The van der Waals surface area contributed by atoms with Gasteiger partial charge in [0.1, 0.15) is 0 Å². The second kappa shape index (κ2) is 8.18. The molecule has 4 aromatic carbocycles. The van der Waals surface area contributed by atoms with Crippen molar-refractivity contribution in [3.05, 3.63) is 119 Å². The molecule has 0 unspecified atom stereocenters. The molecule has 0 radical (unpaired) electrons. The van der Waals surface area contributed by atoms with Gasteiger partial charge in [0.25, 0.3) is 0 Å². The first-order valence-corrected chi connectivity index (χ1v) is 13.0. The number of hydrogen-bond donors (Lipinski definition) is 0. The van der Waals surface area contributed by atoms with Gasteiger partial charge in [0.2, 0.25) is 0 Å². The van der Waals surface area contributed by atoms with E-state index in [9.17, 15) is 9.59 Å². The van der Waals surface area contributed by atoms with Crippen molar-refractivity contribution in [2.45, 2.75) is 0 Å². The van der Waals surface area contributed by atoms with Gasteiger partial charge in [0.05, 0.1) is 0 Å². The van der Waals surface area contributed by atoms with E-state index in [-0.39, 0.29) is 41.5 Å². The van der Waals surface area contributed by atoms with E-state index in [2.05, 4.69) is 24.3 Å². The summed E-state index contributed by atoms with van der Waals surface area (Å²) in [7, 11) is 0. The van der Waals surface area contributed by atoms with Crippen LogP contribution < -0.4 is 17.8 Å². The van der Waals surface area contributed by atoms with E-state index in [1.54, 1.807) is 12.1 Å². The molecule has 0 aliphatic heterocycles. The number of ketones is 2. The topological polar surface area (TPSA) is 34.1 Å². The van der Waals surface area contributed by atoms with Crippen molar-refractivity contribution in [2.24, 2.45) is 0 Å². The Balaban J connectivity index is 1.62. The number of carbonyl (C=O) groups excluding carboxylic acids is 2. The number of hydrogen-bond acceptors (Lipinski definition) is 2. The van der Waals surface area contributed by atoms with Gasteiger partial charge in [-0.2, -0.15) is 0 Å².